The molecule has 1 aromatic heterocycles. The van der Waals surface area contributed by atoms with Crippen molar-refractivity contribution in [3.63, 3.8) is 0 Å². The molecule has 3 atom stereocenters. The van der Waals surface area contributed by atoms with E-state index in [1.165, 1.54) is 0 Å². The Balaban J connectivity index is 1.25. The fourth-order valence-corrected chi connectivity index (χ4v) is 4.21. The second-order valence-corrected chi connectivity index (χ2v) is 8.80. The fourth-order valence-electron chi connectivity index (χ4n) is 4.21. The van der Waals surface area contributed by atoms with Crippen molar-refractivity contribution in [1.29, 1.82) is 0 Å². The molecule has 3 aromatic carbocycles. The van der Waals surface area contributed by atoms with Crippen LogP contribution in [0.15, 0.2) is 97.1 Å². The number of nitrogens with zero attached hydrogens (tertiary/aromatic N) is 2. The van der Waals surface area contributed by atoms with Crippen LogP contribution in [0.3, 0.4) is 0 Å². The number of ether oxygens (including phenoxy) is 4. The monoisotopic (exact) mass is 482 g/mol. The van der Waals surface area contributed by atoms with E-state index >= 15 is 0 Å². The maximum atomic E-state index is 6.27. The van der Waals surface area contributed by atoms with Gasteiger partial charge in [-0.15, -0.1) is 0 Å². The topological polar surface area (TPSA) is 62.7 Å². The number of aromatic nitrogens is 2. The summed E-state index contributed by atoms with van der Waals surface area (Å²) in [6.45, 7) is 3.29. The molecule has 0 bridgehead atoms. The predicted octanol–water partition coefficient (Wildman–Crippen LogP) is 5.75. The van der Waals surface area contributed by atoms with Crippen LogP contribution >= 0.6 is 0 Å². The van der Waals surface area contributed by atoms with Crippen molar-refractivity contribution in [3.05, 3.63) is 114 Å². The molecular formula is C30H30N2O4. The van der Waals surface area contributed by atoms with Gasteiger partial charge in [0.05, 0.1) is 31.6 Å². The Morgan fingerprint density at radius 3 is 2.14 bits per heavy atom. The van der Waals surface area contributed by atoms with E-state index in [1.807, 2.05) is 91.9 Å². The second-order valence-electron chi connectivity index (χ2n) is 8.80. The molecular weight excluding hydrogens is 452 g/mol. The third-order valence-electron chi connectivity index (χ3n) is 6.00. The Hall–Kier alpha value is -3.58. The molecule has 0 aliphatic carbocycles. The zero-order chi connectivity index (χ0) is 24.6. The van der Waals surface area contributed by atoms with Gasteiger partial charge in [-0.1, -0.05) is 91.0 Å². The number of hydrogen-bond donors (Lipinski definition) is 0. The van der Waals surface area contributed by atoms with Crippen molar-refractivity contribution < 1.29 is 18.9 Å². The van der Waals surface area contributed by atoms with Gasteiger partial charge < -0.3 is 18.9 Å². The number of hydrogen-bond acceptors (Lipinski definition) is 6. The van der Waals surface area contributed by atoms with Gasteiger partial charge in [-0.2, -0.15) is 4.98 Å². The van der Waals surface area contributed by atoms with E-state index in [4.69, 9.17) is 18.9 Å². The maximum Gasteiger partial charge on any atom is 0.219 e. The van der Waals surface area contributed by atoms with Gasteiger partial charge in [0.2, 0.25) is 12.2 Å². The molecule has 0 radical (unpaired) electrons. The average Bonchev–Trinajstić information content (AvgIpc) is 3.30. The predicted molar refractivity (Wildman–Crippen MR) is 137 cm³/mol. The zero-order valence-electron chi connectivity index (χ0n) is 20.3. The highest BCUT2D eigenvalue weighted by Gasteiger charge is 2.38. The van der Waals surface area contributed by atoms with E-state index in [-0.39, 0.29) is 12.2 Å². The summed E-state index contributed by atoms with van der Waals surface area (Å²) >= 11 is 0. The number of benzene rings is 3. The van der Waals surface area contributed by atoms with Crippen LogP contribution < -0.4 is 4.74 Å². The first-order valence-corrected chi connectivity index (χ1v) is 12.2. The van der Waals surface area contributed by atoms with E-state index in [0.29, 0.717) is 37.9 Å². The van der Waals surface area contributed by atoms with Gasteiger partial charge in [0.1, 0.15) is 11.9 Å². The van der Waals surface area contributed by atoms with Gasteiger partial charge in [-0.05, 0) is 18.1 Å². The molecule has 0 spiro atoms. The molecule has 36 heavy (non-hydrogen) atoms. The average molecular weight is 483 g/mol. The normalized spacial score (nSPS) is 19.3. The van der Waals surface area contributed by atoms with E-state index in [9.17, 15) is 0 Å². The maximum absolute atomic E-state index is 6.27. The third kappa shape index (κ3) is 6.55. The SMILES string of the molecule is Cc1nc(O[C@@H]2C[C@H](OCc3ccccc3)[C@@H](COCc3ccccc3)O2)cc(-c2ccccc2)n1. The lowest BCUT2D eigenvalue weighted by molar-refractivity contribution is -0.113. The van der Waals surface area contributed by atoms with Crippen molar-refractivity contribution >= 4 is 0 Å². The quantitative estimate of drug-likeness (QED) is 0.287. The highest BCUT2D eigenvalue weighted by Crippen LogP contribution is 2.28. The molecule has 2 heterocycles. The first-order chi connectivity index (χ1) is 17.7. The summed E-state index contributed by atoms with van der Waals surface area (Å²) in [6.07, 6.45) is -0.328. The van der Waals surface area contributed by atoms with Crippen LogP contribution in [0.4, 0.5) is 0 Å². The number of rotatable bonds is 10. The van der Waals surface area contributed by atoms with Crippen molar-refractivity contribution in [3.8, 4) is 17.1 Å². The van der Waals surface area contributed by atoms with Gasteiger partial charge in [0.25, 0.3) is 0 Å². The minimum absolute atomic E-state index is 0.164. The third-order valence-corrected chi connectivity index (χ3v) is 6.00. The summed E-state index contributed by atoms with van der Waals surface area (Å²) in [7, 11) is 0. The Labute approximate surface area is 211 Å². The molecule has 4 aromatic rings. The lowest BCUT2D eigenvalue weighted by Crippen LogP contribution is -2.29. The van der Waals surface area contributed by atoms with Gasteiger partial charge >= 0.3 is 0 Å². The summed E-state index contributed by atoms with van der Waals surface area (Å²) in [5.41, 5.74) is 4.06. The van der Waals surface area contributed by atoms with Crippen LogP contribution in [0.1, 0.15) is 23.4 Å². The van der Waals surface area contributed by atoms with Gasteiger partial charge in [-0.3, -0.25) is 0 Å². The first-order valence-electron chi connectivity index (χ1n) is 12.2. The van der Waals surface area contributed by atoms with Crippen LogP contribution in [-0.4, -0.2) is 35.1 Å². The van der Waals surface area contributed by atoms with Crippen molar-refractivity contribution in [1.82, 2.24) is 9.97 Å². The molecule has 1 fully saturated rings. The standard InChI is InChI=1S/C30H30N2O4/c1-22-31-26(25-15-9-4-10-16-25)17-29(32-22)36-30-18-27(34-20-24-13-7-3-8-14-24)28(35-30)21-33-19-23-11-5-2-6-12-23/h2-17,27-28,30H,18-21H2,1H3/t27-,28+,30+/m0/s1. The lowest BCUT2D eigenvalue weighted by atomic mass is 10.1. The molecule has 1 aliphatic heterocycles. The molecule has 0 saturated carbocycles. The van der Waals surface area contributed by atoms with Crippen molar-refractivity contribution in [2.75, 3.05) is 6.61 Å². The van der Waals surface area contributed by atoms with Crippen LogP contribution in [-0.2, 0) is 27.4 Å². The van der Waals surface area contributed by atoms with E-state index in [2.05, 4.69) is 22.1 Å². The molecule has 6 nitrogen and oxygen atoms in total. The van der Waals surface area contributed by atoms with E-state index < -0.39 is 6.29 Å². The van der Waals surface area contributed by atoms with Crippen LogP contribution in [0.25, 0.3) is 11.3 Å². The molecule has 6 heteroatoms. The van der Waals surface area contributed by atoms with Crippen LogP contribution in [0.5, 0.6) is 5.88 Å². The van der Waals surface area contributed by atoms with Gasteiger partial charge in [0.15, 0.2) is 0 Å². The Morgan fingerprint density at radius 1 is 0.806 bits per heavy atom. The Kier molecular flexibility index (Phi) is 7.98. The van der Waals surface area contributed by atoms with Crippen LogP contribution in [0.2, 0.25) is 0 Å². The van der Waals surface area contributed by atoms with E-state index in [1.54, 1.807) is 0 Å². The lowest BCUT2D eigenvalue weighted by Gasteiger charge is -2.19. The second kappa shape index (κ2) is 11.9. The molecule has 1 saturated heterocycles. The molecule has 184 valence electrons. The van der Waals surface area contributed by atoms with E-state index in [0.717, 1.165) is 22.4 Å². The first kappa shape index (κ1) is 24.1. The van der Waals surface area contributed by atoms with Crippen LogP contribution in [0, 0.1) is 6.92 Å². The Morgan fingerprint density at radius 2 is 1.44 bits per heavy atom. The smallest absolute Gasteiger partial charge is 0.219 e. The van der Waals surface area contributed by atoms with Gasteiger partial charge in [-0.25, -0.2) is 4.98 Å². The summed E-state index contributed by atoms with van der Waals surface area (Å²) in [5, 5.41) is 0. The van der Waals surface area contributed by atoms with Crippen molar-refractivity contribution in [2.45, 2.75) is 45.1 Å². The fraction of sp³-hybridized carbons (Fsp3) is 0.267. The highest BCUT2D eigenvalue weighted by atomic mass is 16.7. The Bertz CT molecular complexity index is 1220. The zero-order valence-corrected chi connectivity index (χ0v) is 20.3. The summed E-state index contributed by atoms with van der Waals surface area (Å²) in [4.78, 5) is 9.05. The summed E-state index contributed by atoms with van der Waals surface area (Å²) in [6, 6.07) is 32.1. The van der Waals surface area contributed by atoms with Gasteiger partial charge in [0, 0.05) is 18.1 Å². The molecule has 0 amide bonds. The largest absolute Gasteiger partial charge is 0.448 e. The summed E-state index contributed by atoms with van der Waals surface area (Å²) < 4.78 is 24.7. The van der Waals surface area contributed by atoms with Crippen molar-refractivity contribution in [2.24, 2.45) is 0 Å². The molecule has 0 N–H and O–H groups in total. The number of aryl methyl sites for hydroxylation is 1. The summed E-state index contributed by atoms with van der Waals surface area (Å²) in [5.74, 6) is 1.13. The minimum atomic E-state index is -0.492. The highest BCUT2D eigenvalue weighted by molar-refractivity contribution is 5.59. The molecule has 1 aliphatic rings. The minimum Gasteiger partial charge on any atom is -0.448 e. The molecule has 0 unspecified atom stereocenters. The molecule has 5 rings (SSSR count).